The van der Waals surface area contributed by atoms with E-state index in [1.54, 1.807) is 12.1 Å². The lowest BCUT2D eigenvalue weighted by atomic mass is 10.1. The first-order valence-corrected chi connectivity index (χ1v) is 4.52. The first-order valence-electron chi connectivity index (χ1n) is 4.52. The standard InChI is InChI=1S/C10H10FNO3/c11-9-8(13)5-12(9)7-3-1-2-6(4-7)10(14)15/h1-4,8-9,13H,5H2,(H,14,15). The van der Waals surface area contributed by atoms with Crippen molar-refractivity contribution in [2.45, 2.75) is 12.4 Å². The highest BCUT2D eigenvalue weighted by Gasteiger charge is 2.37. The van der Waals surface area contributed by atoms with E-state index in [1.807, 2.05) is 0 Å². The number of carboxylic acid groups (broad SMARTS) is 1. The van der Waals surface area contributed by atoms with Crippen LogP contribution in [0.2, 0.25) is 0 Å². The fourth-order valence-corrected chi connectivity index (χ4v) is 1.52. The maximum absolute atomic E-state index is 13.1. The number of hydrogen-bond donors (Lipinski definition) is 2. The van der Waals surface area contributed by atoms with Crippen molar-refractivity contribution in [2.75, 3.05) is 11.4 Å². The molecule has 5 heteroatoms. The lowest BCUT2D eigenvalue weighted by Crippen LogP contribution is -2.57. The van der Waals surface area contributed by atoms with Gasteiger partial charge in [-0.05, 0) is 18.2 Å². The van der Waals surface area contributed by atoms with Crippen molar-refractivity contribution in [3.05, 3.63) is 29.8 Å². The van der Waals surface area contributed by atoms with Gasteiger partial charge in [-0.3, -0.25) is 0 Å². The van der Waals surface area contributed by atoms with Crippen LogP contribution >= 0.6 is 0 Å². The third-order valence-corrected chi connectivity index (χ3v) is 2.42. The van der Waals surface area contributed by atoms with Crippen molar-refractivity contribution in [1.29, 1.82) is 0 Å². The van der Waals surface area contributed by atoms with Crippen LogP contribution in [-0.4, -0.2) is 35.1 Å². The number of rotatable bonds is 2. The SMILES string of the molecule is O=C(O)c1cccc(N2CC(O)C2F)c1. The molecular weight excluding hydrogens is 201 g/mol. The summed E-state index contributed by atoms with van der Waals surface area (Å²) < 4.78 is 13.1. The second-order valence-electron chi connectivity index (χ2n) is 3.45. The highest BCUT2D eigenvalue weighted by atomic mass is 19.1. The molecule has 4 nitrogen and oxygen atoms in total. The quantitative estimate of drug-likeness (QED) is 0.712. The predicted octanol–water partition coefficient (Wildman–Crippen LogP) is 0.861. The van der Waals surface area contributed by atoms with Crippen LogP contribution in [0.25, 0.3) is 0 Å². The zero-order valence-electron chi connectivity index (χ0n) is 7.80. The Morgan fingerprint density at radius 2 is 2.27 bits per heavy atom. The van der Waals surface area contributed by atoms with Gasteiger partial charge in [0.25, 0.3) is 0 Å². The van der Waals surface area contributed by atoms with Gasteiger partial charge in [-0.2, -0.15) is 0 Å². The fourth-order valence-electron chi connectivity index (χ4n) is 1.52. The molecule has 0 spiro atoms. The molecule has 0 amide bonds. The summed E-state index contributed by atoms with van der Waals surface area (Å²) in [4.78, 5) is 12.0. The van der Waals surface area contributed by atoms with Gasteiger partial charge in [0.2, 0.25) is 0 Å². The van der Waals surface area contributed by atoms with Crippen LogP contribution in [0.3, 0.4) is 0 Å². The molecule has 1 saturated heterocycles. The number of hydrogen-bond acceptors (Lipinski definition) is 3. The third-order valence-electron chi connectivity index (χ3n) is 2.42. The van der Waals surface area contributed by atoms with Crippen LogP contribution < -0.4 is 4.90 Å². The number of carbonyl (C=O) groups is 1. The van der Waals surface area contributed by atoms with Gasteiger partial charge in [-0.1, -0.05) is 6.07 Å². The molecule has 2 atom stereocenters. The molecule has 0 radical (unpaired) electrons. The highest BCUT2D eigenvalue weighted by molar-refractivity contribution is 5.88. The molecule has 1 fully saturated rings. The van der Waals surface area contributed by atoms with Gasteiger partial charge in [0.15, 0.2) is 6.30 Å². The Balaban J connectivity index is 2.23. The maximum atomic E-state index is 13.1. The Hall–Kier alpha value is -1.62. The maximum Gasteiger partial charge on any atom is 0.335 e. The Morgan fingerprint density at radius 1 is 1.53 bits per heavy atom. The van der Waals surface area contributed by atoms with Gasteiger partial charge in [-0.25, -0.2) is 9.18 Å². The van der Waals surface area contributed by atoms with Crippen LogP contribution in [0.4, 0.5) is 10.1 Å². The van der Waals surface area contributed by atoms with E-state index in [4.69, 9.17) is 10.2 Å². The molecule has 1 aliphatic rings. The molecule has 2 unspecified atom stereocenters. The number of halogens is 1. The van der Waals surface area contributed by atoms with E-state index in [2.05, 4.69) is 0 Å². The van der Waals surface area contributed by atoms with Crippen LogP contribution in [0.15, 0.2) is 24.3 Å². The lowest BCUT2D eigenvalue weighted by molar-refractivity contribution is 0.0228. The molecule has 80 valence electrons. The smallest absolute Gasteiger partial charge is 0.335 e. The minimum Gasteiger partial charge on any atom is -0.478 e. The Labute approximate surface area is 85.6 Å². The topological polar surface area (TPSA) is 60.8 Å². The van der Waals surface area contributed by atoms with Crippen LogP contribution in [-0.2, 0) is 0 Å². The van der Waals surface area contributed by atoms with Crippen molar-refractivity contribution in [3.63, 3.8) is 0 Å². The van der Waals surface area contributed by atoms with Crippen molar-refractivity contribution in [2.24, 2.45) is 0 Å². The molecule has 1 aromatic carbocycles. The number of anilines is 1. The second kappa shape index (κ2) is 3.51. The van der Waals surface area contributed by atoms with Crippen LogP contribution in [0, 0.1) is 0 Å². The fraction of sp³-hybridized carbons (Fsp3) is 0.300. The number of carboxylic acids is 1. The summed E-state index contributed by atoms with van der Waals surface area (Å²) in [6, 6.07) is 6.00. The van der Waals surface area contributed by atoms with Gasteiger partial charge in [0.1, 0.15) is 6.10 Å². The molecule has 1 heterocycles. The van der Waals surface area contributed by atoms with Gasteiger partial charge in [-0.15, -0.1) is 0 Å². The summed E-state index contributed by atoms with van der Waals surface area (Å²) in [5, 5.41) is 17.7. The van der Waals surface area contributed by atoms with Crippen molar-refractivity contribution < 1.29 is 19.4 Å². The summed E-state index contributed by atoms with van der Waals surface area (Å²) in [6.45, 7) is 0.199. The van der Waals surface area contributed by atoms with E-state index in [0.29, 0.717) is 5.69 Å². The van der Waals surface area contributed by atoms with E-state index in [9.17, 15) is 9.18 Å². The number of aliphatic hydroxyl groups is 1. The van der Waals surface area contributed by atoms with Gasteiger partial charge >= 0.3 is 5.97 Å². The zero-order chi connectivity index (χ0) is 11.0. The lowest BCUT2D eigenvalue weighted by Gasteiger charge is -2.41. The first-order chi connectivity index (χ1) is 7.09. The number of aliphatic hydroxyl groups excluding tert-OH is 1. The van der Waals surface area contributed by atoms with Gasteiger partial charge < -0.3 is 15.1 Å². The third kappa shape index (κ3) is 1.66. The number of aromatic carboxylic acids is 1. The molecular formula is C10H10FNO3. The summed E-state index contributed by atoms with van der Waals surface area (Å²) in [6.07, 6.45) is -2.41. The van der Waals surface area contributed by atoms with E-state index >= 15 is 0 Å². The van der Waals surface area contributed by atoms with Crippen LogP contribution in [0.5, 0.6) is 0 Å². The molecule has 15 heavy (non-hydrogen) atoms. The Kier molecular flexibility index (Phi) is 2.32. The molecule has 0 bridgehead atoms. The van der Waals surface area contributed by atoms with Crippen molar-refractivity contribution in [1.82, 2.24) is 0 Å². The minimum absolute atomic E-state index is 0.112. The molecule has 1 aromatic rings. The Morgan fingerprint density at radius 3 is 2.80 bits per heavy atom. The van der Waals surface area contributed by atoms with Gasteiger partial charge in [0, 0.05) is 5.69 Å². The van der Waals surface area contributed by atoms with E-state index in [-0.39, 0.29) is 12.1 Å². The van der Waals surface area contributed by atoms with Crippen molar-refractivity contribution >= 4 is 11.7 Å². The molecule has 0 saturated carbocycles. The summed E-state index contributed by atoms with van der Waals surface area (Å²) in [5.74, 6) is -1.05. The van der Waals surface area contributed by atoms with E-state index in [1.165, 1.54) is 17.0 Å². The van der Waals surface area contributed by atoms with Crippen molar-refractivity contribution in [3.8, 4) is 0 Å². The van der Waals surface area contributed by atoms with Crippen LogP contribution in [0.1, 0.15) is 10.4 Å². The molecule has 2 N–H and O–H groups in total. The van der Waals surface area contributed by atoms with E-state index < -0.39 is 18.4 Å². The molecule has 0 aromatic heterocycles. The zero-order valence-corrected chi connectivity index (χ0v) is 7.80. The van der Waals surface area contributed by atoms with E-state index in [0.717, 1.165) is 0 Å². The normalized spacial score (nSPS) is 24.8. The molecule has 2 rings (SSSR count). The molecule has 0 aliphatic carbocycles. The summed E-state index contributed by atoms with van der Waals surface area (Å²) in [7, 11) is 0. The minimum atomic E-state index is -1.44. The summed E-state index contributed by atoms with van der Waals surface area (Å²) in [5.41, 5.74) is 0.591. The number of benzene rings is 1. The molecule has 1 aliphatic heterocycles. The number of alkyl halides is 1. The number of nitrogens with zero attached hydrogens (tertiary/aromatic N) is 1. The summed E-state index contributed by atoms with van der Waals surface area (Å²) >= 11 is 0. The van der Waals surface area contributed by atoms with Gasteiger partial charge in [0.05, 0.1) is 12.1 Å². The number of β-amino-alcohol motifs (C(OH)–C–C–N with tert-alkyl or cyclic N) is 1. The Bertz CT molecular complexity index is 396. The highest BCUT2D eigenvalue weighted by Crippen LogP contribution is 2.28. The average Bonchev–Trinajstić information content (AvgIpc) is 2.25. The second-order valence-corrected chi connectivity index (χ2v) is 3.45. The largest absolute Gasteiger partial charge is 0.478 e. The average molecular weight is 211 g/mol. The predicted molar refractivity (Wildman–Crippen MR) is 51.7 cm³/mol. The first kappa shape index (κ1) is 9.92. The monoisotopic (exact) mass is 211 g/mol.